The van der Waals surface area contributed by atoms with Gasteiger partial charge in [0, 0.05) is 6.04 Å². The fourth-order valence-electron chi connectivity index (χ4n) is 2.96. The number of rotatable bonds is 4. The van der Waals surface area contributed by atoms with Gasteiger partial charge in [-0.3, -0.25) is 9.69 Å². The third-order valence-electron chi connectivity index (χ3n) is 4.18. The first-order chi connectivity index (χ1) is 10.6. The third kappa shape index (κ3) is 2.96. The molecule has 0 unspecified atom stereocenters. The molecule has 0 bridgehead atoms. The molecule has 6 heteroatoms. The van der Waals surface area contributed by atoms with Crippen molar-refractivity contribution in [1.82, 2.24) is 10.2 Å². The van der Waals surface area contributed by atoms with E-state index in [0.29, 0.717) is 18.6 Å². The van der Waals surface area contributed by atoms with E-state index in [1.54, 1.807) is 11.8 Å². The van der Waals surface area contributed by atoms with Crippen LogP contribution in [-0.2, 0) is 9.53 Å². The number of hydrogen-bond acceptors (Lipinski definition) is 4. The summed E-state index contributed by atoms with van der Waals surface area (Å²) in [7, 11) is 0. The van der Waals surface area contributed by atoms with Crippen LogP contribution < -0.4 is 5.32 Å². The molecule has 1 aromatic heterocycles. The largest absolute Gasteiger partial charge is 0.464 e. The molecule has 1 saturated carbocycles. The first-order valence-corrected chi connectivity index (χ1v) is 7.92. The number of aryl methyl sites for hydroxylation is 1. The summed E-state index contributed by atoms with van der Waals surface area (Å²) in [5.74, 6) is 1.43. The van der Waals surface area contributed by atoms with Gasteiger partial charge in [-0.25, -0.2) is 4.79 Å². The fourth-order valence-corrected chi connectivity index (χ4v) is 2.96. The average molecular weight is 306 g/mol. The molecule has 1 saturated heterocycles. The molecule has 6 nitrogen and oxygen atoms in total. The molecule has 2 heterocycles. The van der Waals surface area contributed by atoms with Crippen LogP contribution in [0.15, 0.2) is 16.5 Å². The minimum absolute atomic E-state index is 0.0821. The zero-order chi connectivity index (χ0) is 15.7. The zero-order valence-corrected chi connectivity index (χ0v) is 13.0. The summed E-state index contributed by atoms with van der Waals surface area (Å²) < 4.78 is 10.8. The van der Waals surface area contributed by atoms with E-state index in [-0.39, 0.29) is 24.6 Å². The number of nitrogens with zero attached hydrogens (tertiary/aromatic N) is 1. The molecule has 0 spiro atoms. The van der Waals surface area contributed by atoms with Crippen LogP contribution in [0.25, 0.3) is 0 Å². The van der Waals surface area contributed by atoms with Gasteiger partial charge in [-0.1, -0.05) is 0 Å². The van der Waals surface area contributed by atoms with E-state index in [0.717, 1.165) is 18.6 Å². The van der Waals surface area contributed by atoms with Crippen LogP contribution in [0.5, 0.6) is 0 Å². The summed E-state index contributed by atoms with van der Waals surface area (Å²) in [6.07, 6.45) is 2.93. The topological polar surface area (TPSA) is 71.8 Å². The number of amides is 2. The molecule has 1 aliphatic carbocycles. The lowest BCUT2D eigenvalue weighted by Crippen LogP contribution is -2.47. The number of carbonyl (C=O) groups is 2. The summed E-state index contributed by atoms with van der Waals surface area (Å²) in [5, 5.41) is 2.98. The molecule has 0 aromatic carbocycles. The molecule has 2 fully saturated rings. The van der Waals surface area contributed by atoms with Gasteiger partial charge in [-0.05, 0) is 51.7 Å². The first-order valence-electron chi connectivity index (χ1n) is 7.92. The highest BCUT2D eigenvalue weighted by Gasteiger charge is 2.44. The molecule has 2 amide bonds. The molecule has 22 heavy (non-hydrogen) atoms. The predicted octanol–water partition coefficient (Wildman–Crippen LogP) is 2.53. The van der Waals surface area contributed by atoms with Crippen molar-refractivity contribution in [2.45, 2.75) is 57.7 Å². The van der Waals surface area contributed by atoms with Crippen LogP contribution in [0.4, 0.5) is 4.79 Å². The summed E-state index contributed by atoms with van der Waals surface area (Å²) in [5.41, 5.74) is 0. The summed E-state index contributed by atoms with van der Waals surface area (Å²) >= 11 is 0. The van der Waals surface area contributed by atoms with E-state index in [1.807, 2.05) is 19.1 Å². The van der Waals surface area contributed by atoms with Crippen molar-refractivity contribution in [3.63, 3.8) is 0 Å². The van der Waals surface area contributed by atoms with Crippen molar-refractivity contribution in [3.8, 4) is 0 Å². The Morgan fingerprint density at radius 3 is 2.68 bits per heavy atom. The van der Waals surface area contributed by atoms with Crippen molar-refractivity contribution in [3.05, 3.63) is 23.7 Å². The van der Waals surface area contributed by atoms with Gasteiger partial charge in [0.15, 0.2) is 0 Å². The van der Waals surface area contributed by atoms with Crippen molar-refractivity contribution < 1.29 is 18.7 Å². The minimum Gasteiger partial charge on any atom is -0.464 e. The molecular weight excluding hydrogens is 284 g/mol. The van der Waals surface area contributed by atoms with Gasteiger partial charge < -0.3 is 14.5 Å². The maximum atomic E-state index is 12.4. The zero-order valence-electron chi connectivity index (χ0n) is 13.0. The molecule has 1 aromatic rings. The Morgan fingerprint density at radius 2 is 2.09 bits per heavy atom. The monoisotopic (exact) mass is 306 g/mol. The van der Waals surface area contributed by atoms with Crippen molar-refractivity contribution in [1.29, 1.82) is 0 Å². The van der Waals surface area contributed by atoms with Gasteiger partial charge >= 0.3 is 6.09 Å². The number of furan rings is 1. The van der Waals surface area contributed by atoms with Crippen LogP contribution in [0, 0.1) is 6.92 Å². The number of carbonyl (C=O) groups excluding carboxylic acids is 2. The number of hydrogen-bond donors (Lipinski definition) is 1. The molecule has 1 N–H and O–H groups in total. The second kappa shape index (κ2) is 6.02. The molecule has 3 rings (SSSR count). The van der Waals surface area contributed by atoms with Crippen LogP contribution in [0.3, 0.4) is 0 Å². The van der Waals surface area contributed by atoms with E-state index in [4.69, 9.17) is 9.15 Å². The molecule has 120 valence electrons. The lowest BCUT2D eigenvalue weighted by molar-refractivity contribution is -0.125. The van der Waals surface area contributed by atoms with E-state index >= 15 is 0 Å². The van der Waals surface area contributed by atoms with Crippen LogP contribution in [0.2, 0.25) is 0 Å². The minimum atomic E-state index is -0.477. The van der Waals surface area contributed by atoms with Crippen LogP contribution in [-0.4, -0.2) is 35.6 Å². The predicted molar refractivity (Wildman–Crippen MR) is 79.2 cm³/mol. The highest BCUT2D eigenvalue weighted by atomic mass is 16.6. The van der Waals surface area contributed by atoms with Gasteiger partial charge in [-0.2, -0.15) is 0 Å². The first kappa shape index (κ1) is 14.9. The number of likely N-dealkylation sites (tertiary alicyclic amines) is 1. The Labute approximate surface area is 129 Å². The molecule has 0 radical (unpaired) electrons. The lowest BCUT2D eigenvalue weighted by Gasteiger charge is -2.27. The van der Waals surface area contributed by atoms with E-state index in [2.05, 4.69) is 5.32 Å². The normalized spacial score (nSPS) is 24.4. The number of nitrogens with one attached hydrogen (secondary N) is 1. The third-order valence-corrected chi connectivity index (χ3v) is 4.18. The van der Waals surface area contributed by atoms with Crippen molar-refractivity contribution in [2.24, 2.45) is 0 Å². The maximum absolute atomic E-state index is 12.4. The van der Waals surface area contributed by atoms with Crippen LogP contribution in [0.1, 0.15) is 50.2 Å². The summed E-state index contributed by atoms with van der Waals surface area (Å²) in [6, 6.07) is 3.31. The van der Waals surface area contributed by atoms with Gasteiger partial charge in [0.25, 0.3) is 0 Å². The Kier molecular flexibility index (Phi) is 4.09. The van der Waals surface area contributed by atoms with Gasteiger partial charge in [0.05, 0.1) is 12.6 Å². The van der Waals surface area contributed by atoms with Crippen molar-refractivity contribution >= 4 is 12.0 Å². The summed E-state index contributed by atoms with van der Waals surface area (Å²) in [4.78, 5) is 26.3. The Morgan fingerprint density at radius 1 is 1.32 bits per heavy atom. The van der Waals surface area contributed by atoms with Crippen LogP contribution >= 0.6 is 0 Å². The van der Waals surface area contributed by atoms with Gasteiger partial charge in [0.2, 0.25) is 5.91 Å². The molecule has 2 atom stereocenters. The second-order valence-corrected chi connectivity index (χ2v) is 5.95. The smallest absolute Gasteiger partial charge is 0.411 e. The molecule has 2 aliphatic rings. The van der Waals surface area contributed by atoms with E-state index in [9.17, 15) is 9.59 Å². The Hall–Kier alpha value is -1.98. The molecular formula is C16H22N2O4. The number of ether oxygens (including phenoxy) is 1. The maximum Gasteiger partial charge on any atom is 0.411 e. The van der Waals surface area contributed by atoms with Crippen molar-refractivity contribution in [2.75, 3.05) is 6.61 Å². The van der Waals surface area contributed by atoms with E-state index in [1.165, 1.54) is 0 Å². The second-order valence-electron chi connectivity index (χ2n) is 5.95. The highest BCUT2D eigenvalue weighted by molar-refractivity contribution is 5.86. The highest BCUT2D eigenvalue weighted by Crippen LogP contribution is 2.38. The molecule has 1 aliphatic heterocycles. The van der Waals surface area contributed by atoms with Gasteiger partial charge in [-0.15, -0.1) is 0 Å². The Balaban J connectivity index is 1.80. The average Bonchev–Trinajstić information content (AvgIpc) is 3.01. The van der Waals surface area contributed by atoms with E-state index < -0.39 is 12.1 Å². The fraction of sp³-hybridized carbons (Fsp3) is 0.625. The lowest BCUT2D eigenvalue weighted by atomic mass is 10.1. The quantitative estimate of drug-likeness (QED) is 0.928. The Bertz CT molecular complexity index is 564. The SMILES string of the molecule is CCOC(=O)N1[C@H](C(=O)NC2CC2)CC[C@H]1c1ccc(C)o1. The standard InChI is InChI=1S/C16H22N2O4/c1-3-21-16(20)18-12(14-9-4-10(2)22-14)7-8-13(18)15(19)17-11-5-6-11/h4,9,11-13H,3,5-8H2,1-2H3,(H,17,19)/t12-,13-/m0/s1. The van der Waals surface area contributed by atoms with Gasteiger partial charge in [0.1, 0.15) is 17.6 Å². The summed E-state index contributed by atoms with van der Waals surface area (Å²) in [6.45, 7) is 3.92.